The van der Waals surface area contributed by atoms with Crippen molar-refractivity contribution in [2.24, 2.45) is 0 Å². The number of hydrogen-bond donors (Lipinski definition) is 2. The molecule has 112 valence electrons. The van der Waals surface area contributed by atoms with Gasteiger partial charge in [-0.2, -0.15) is 13.1 Å². The van der Waals surface area contributed by atoms with E-state index in [1.165, 1.54) is 5.56 Å². The molecule has 5 nitrogen and oxygen atoms in total. The van der Waals surface area contributed by atoms with E-state index in [9.17, 15) is 8.42 Å². The SMILES string of the molecule is CCNS(=O)(=O)NCC1(CC)OCCc2ccccc21. The highest BCUT2D eigenvalue weighted by Crippen LogP contribution is 2.35. The predicted octanol–water partition coefficient (Wildman–Crippen LogP) is 1.31. The fraction of sp³-hybridized carbons (Fsp3) is 0.571. The number of nitrogens with one attached hydrogen (secondary N) is 2. The summed E-state index contributed by atoms with van der Waals surface area (Å²) in [5.74, 6) is 0. The van der Waals surface area contributed by atoms with Crippen LogP contribution in [0, 0.1) is 0 Å². The average molecular weight is 298 g/mol. The zero-order valence-electron chi connectivity index (χ0n) is 12.0. The molecule has 1 heterocycles. The second-order valence-electron chi connectivity index (χ2n) is 4.93. The molecule has 0 amide bonds. The second kappa shape index (κ2) is 6.22. The standard InChI is InChI=1S/C14H22N2O3S/c1-3-14(11-16-20(17,18)15-4-2)13-8-6-5-7-12(13)9-10-19-14/h5-8,15-16H,3-4,9-11H2,1-2H3. The van der Waals surface area contributed by atoms with Gasteiger partial charge in [-0.3, -0.25) is 0 Å². The summed E-state index contributed by atoms with van der Waals surface area (Å²) >= 11 is 0. The van der Waals surface area contributed by atoms with Crippen molar-refractivity contribution in [3.05, 3.63) is 35.4 Å². The summed E-state index contributed by atoms with van der Waals surface area (Å²) in [5, 5.41) is 0. The first-order valence-electron chi connectivity index (χ1n) is 6.99. The van der Waals surface area contributed by atoms with Crippen LogP contribution in [0.1, 0.15) is 31.4 Å². The molecule has 0 aliphatic carbocycles. The van der Waals surface area contributed by atoms with Gasteiger partial charge in [0.15, 0.2) is 0 Å². The first-order chi connectivity index (χ1) is 9.53. The van der Waals surface area contributed by atoms with Gasteiger partial charge in [0.25, 0.3) is 10.2 Å². The molecule has 2 N–H and O–H groups in total. The smallest absolute Gasteiger partial charge is 0.277 e. The van der Waals surface area contributed by atoms with Crippen LogP contribution in [-0.2, 0) is 27.0 Å². The molecule has 1 aliphatic heterocycles. The minimum absolute atomic E-state index is 0.246. The number of hydrogen-bond acceptors (Lipinski definition) is 3. The van der Waals surface area contributed by atoms with Crippen molar-refractivity contribution in [3.8, 4) is 0 Å². The molecule has 0 spiro atoms. The minimum Gasteiger partial charge on any atom is -0.369 e. The molecule has 2 rings (SSSR count). The Morgan fingerprint density at radius 2 is 2.00 bits per heavy atom. The Hall–Kier alpha value is -0.950. The van der Waals surface area contributed by atoms with Crippen LogP contribution in [0.25, 0.3) is 0 Å². The summed E-state index contributed by atoms with van der Waals surface area (Å²) in [5.41, 5.74) is 1.76. The molecule has 0 bridgehead atoms. The summed E-state index contributed by atoms with van der Waals surface area (Å²) in [6.45, 7) is 5.00. The topological polar surface area (TPSA) is 67.4 Å². The predicted molar refractivity (Wildman–Crippen MR) is 78.7 cm³/mol. The molecular weight excluding hydrogens is 276 g/mol. The molecule has 0 fully saturated rings. The molecule has 20 heavy (non-hydrogen) atoms. The number of benzene rings is 1. The summed E-state index contributed by atoms with van der Waals surface area (Å²) in [7, 11) is -3.46. The van der Waals surface area contributed by atoms with Crippen molar-refractivity contribution >= 4 is 10.2 Å². The lowest BCUT2D eigenvalue weighted by atomic mass is 9.84. The van der Waals surface area contributed by atoms with E-state index < -0.39 is 15.8 Å². The van der Waals surface area contributed by atoms with Crippen LogP contribution in [0.4, 0.5) is 0 Å². The first kappa shape index (κ1) is 15.4. The summed E-state index contributed by atoms with van der Waals surface area (Å²) < 4.78 is 34.5. The zero-order chi connectivity index (χ0) is 14.6. The highest BCUT2D eigenvalue weighted by atomic mass is 32.2. The lowest BCUT2D eigenvalue weighted by Gasteiger charge is -2.38. The van der Waals surface area contributed by atoms with Gasteiger partial charge in [0, 0.05) is 13.1 Å². The van der Waals surface area contributed by atoms with Crippen LogP contribution in [0.2, 0.25) is 0 Å². The Kier molecular flexibility index (Phi) is 4.80. The van der Waals surface area contributed by atoms with Crippen molar-refractivity contribution in [2.75, 3.05) is 19.7 Å². The van der Waals surface area contributed by atoms with E-state index in [1.54, 1.807) is 6.92 Å². The van der Waals surface area contributed by atoms with Gasteiger partial charge in [0.1, 0.15) is 5.60 Å². The van der Waals surface area contributed by atoms with Gasteiger partial charge in [-0.15, -0.1) is 0 Å². The highest BCUT2D eigenvalue weighted by Gasteiger charge is 2.36. The lowest BCUT2D eigenvalue weighted by Crippen LogP contribution is -2.48. The number of fused-ring (bicyclic) bond motifs is 1. The van der Waals surface area contributed by atoms with E-state index in [4.69, 9.17) is 4.74 Å². The Bertz CT molecular complexity index is 559. The molecule has 0 aromatic heterocycles. The Balaban J connectivity index is 2.23. The summed E-state index contributed by atoms with van der Waals surface area (Å²) in [6.07, 6.45) is 1.59. The van der Waals surface area contributed by atoms with E-state index in [1.807, 2.05) is 25.1 Å². The van der Waals surface area contributed by atoms with Crippen molar-refractivity contribution < 1.29 is 13.2 Å². The van der Waals surface area contributed by atoms with E-state index in [0.717, 1.165) is 18.4 Å². The molecule has 0 saturated heterocycles. The number of rotatable bonds is 6. The quantitative estimate of drug-likeness (QED) is 0.832. The maximum absolute atomic E-state index is 11.8. The fourth-order valence-electron chi connectivity index (χ4n) is 2.63. The average Bonchev–Trinajstić information content (AvgIpc) is 2.45. The third-order valence-corrected chi connectivity index (χ3v) is 4.90. The van der Waals surface area contributed by atoms with Gasteiger partial charge in [-0.1, -0.05) is 38.1 Å². The largest absolute Gasteiger partial charge is 0.369 e. The molecule has 1 aromatic carbocycles. The third kappa shape index (κ3) is 3.20. The normalized spacial score (nSPS) is 22.5. The van der Waals surface area contributed by atoms with E-state index in [-0.39, 0.29) is 6.54 Å². The third-order valence-electron chi connectivity index (χ3n) is 3.71. The van der Waals surface area contributed by atoms with Crippen LogP contribution in [0.15, 0.2) is 24.3 Å². The van der Waals surface area contributed by atoms with Gasteiger partial charge in [-0.05, 0) is 24.0 Å². The Morgan fingerprint density at radius 3 is 2.70 bits per heavy atom. The second-order valence-corrected chi connectivity index (χ2v) is 6.51. The van der Waals surface area contributed by atoms with Crippen molar-refractivity contribution in [1.82, 2.24) is 9.44 Å². The van der Waals surface area contributed by atoms with Gasteiger partial charge < -0.3 is 4.74 Å². The maximum atomic E-state index is 11.8. The molecule has 0 radical (unpaired) electrons. The van der Waals surface area contributed by atoms with Crippen molar-refractivity contribution in [2.45, 2.75) is 32.3 Å². The van der Waals surface area contributed by atoms with E-state index in [2.05, 4.69) is 15.5 Å². The van der Waals surface area contributed by atoms with Gasteiger partial charge in [0.2, 0.25) is 0 Å². The van der Waals surface area contributed by atoms with Crippen molar-refractivity contribution in [3.63, 3.8) is 0 Å². The fourth-order valence-corrected chi connectivity index (χ4v) is 3.54. The lowest BCUT2D eigenvalue weighted by molar-refractivity contribution is -0.0587. The monoisotopic (exact) mass is 298 g/mol. The molecule has 1 unspecified atom stereocenters. The zero-order valence-corrected chi connectivity index (χ0v) is 12.8. The first-order valence-corrected chi connectivity index (χ1v) is 8.48. The molecular formula is C14H22N2O3S. The Morgan fingerprint density at radius 1 is 1.25 bits per heavy atom. The number of ether oxygens (including phenoxy) is 1. The van der Waals surface area contributed by atoms with Crippen molar-refractivity contribution in [1.29, 1.82) is 0 Å². The minimum atomic E-state index is -3.46. The van der Waals surface area contributed by atoms with E-state index in [0.29, 0.717) is 13.2 Å². The van der Waals surface area contributed by atoms with Crippen LogP contribution in [0.3, 0.4) is 0 Å². The van der Waals surface area contributed by atoms with Gasteiger partial charge in [-0.25, -0.2) is 4.72 Å². The summed E-state index contributed by atoms with van der Waals surface area (Å²) in [4.78, 5) is 0. The van der Waals surface area contributed by atoms with Crippen LogP contribution in [0.5, 0.6) is 0 Å². The molecule has 1 aliphatic rings. The molecule has 1 atom stereocenters. The van der Waals surface area contributed by atoms with Gasteiger partial charge in [0.05, 0.1) is 6.61 Å². The van der Waals surface area contributed by atoms with Crippen LogP contribution in [-0.4, -0.2) is 28.1 Å². The molecule has 1 aromatic rings. The molecule has 6 heteroatoms. The van der Waals surface area contributed by atoms with E-state index >= 15 is 0 Å². The summed E-state index contributed by atoms with van der Waals surface area (Å²) in [6, 6.07) is 8.09. The highest BCUT2D eigenvalue weighted by molar-refractivity contribution is 7.87. The van der Waals surface area contributed by atoms with Gasteiger partial charge >= 0.3 is 0 Å². The maximum Gasteiger partial charge on any atom is 0.277 e. The van der Waals surface area contributed by atoms with Crippen LogP contribution < -0.4 is 9.44 Å². The van der Waals surface area contributed by atoms with Crippen LogP contribution >= 0.6 is 0 Å². The Labute approximate surface area is 120 Å². The molecule has 0 saturated carbocycles.